The number of aliphatic hydroxyl groups excluding tert-OH is 1. The van der Waals surface area contributed by atoms with Crippen molar-refractivity contribution in [3.8, 4) is 0 Å². The monoisotopic (exact) mass is 241 g/mol. The molecule has 2 N–H and O–H groups in total. The normalized spacial score (nSPS) is 12.7. The van der Waals surface area contributed by atoms with Crippen LogP contribution in [0.1, 0.15) is 17.4 Å². The van der Waals surface area contributed by atoms with Crippen molar-refractivity contribution in [2.24, 2.45) is 0 Å². The molecule has 1 heterocycles. The molecule has 0 radical (unpaired) electrons. The first-order valence-electron chi connectivity index (χ1n) is 4.44. The summed E-state index contributed by atoms with van der Waals surface area (Å²) in [6.07, 6.45) is 1.03. The first kappa shape index (κ1) is 10.6. The molecule has 2 rings (SSSR count). The lowest BCUT2D eigenvalue weighted by molar-refractivity contribution is 0.216. The Labute approximate surface area is 97.5 Å². The molecule has 4 heteroatoms. The van der Waals surface area contributed by atoms with Crippen LogP contribution >= 0.6 is 23.2 Å². The Bertz CT molecular complexity index is 433. The van der Waals surface area contributed by atoms with Crippen molar-refractivity contribution in [3.63, 3.8) is 0 Å². The minimum atomic E-state index is -0.726. The molecule has 2 nitrogen and oxygen atoms in total. The predicted octanol–water partition coefficient (Wildman–Crippen LogP) is 3.40. The summed E-state index contributed by atoms with van der Waals surface area (Å²) in [5.74, 6) is 0. The number of hydrogen-bond acceptors (Lipinski definition) is 1. The summed E-state index contributed by atoms with van der Waals surface area (Å²) < 4.78 is 0. The number of hydrogen-bond donors (Lipinski definition) is 2. The summed E-state index contributed by atoms with van der Waals surface area (Å²) in [5, 5.41) is 11.0. The molecule has 1 atom stereocenters. The number of halogens is 2. The summed E-state index contributed by atoms with van der Waals surface area (Å²) in [6, 6.07) is 8.65. The number of nitrogens with one attached hydrogen (secondary N) is 1. The third kappa shape index (κ3) is 2.34. The molecule has 15 heavy (non-hydrogen) atoms. The van der Waals surface area contributed by atoms with E-state index >= 15 is 0 Å². The molecule has 1 aromatic carbocycles. The first-order valence-corrected chi connectivity index (χ1v) is 5.20. The maximum atomic E-state index is 9.98. The van der Waals surface area contributed by atoms with Gasteiger partial charge in [-0.1, -0.05) is 23.2 Å². The lowest BCUT2D eigenvalue weighted by Crippen LogP contribution is -1.99. The molecule has 0 fully saturated rings. The zero-order valence-corrected chi connectivity index (χ0v) is 9.26. The molecule has 0 amide bonds. The van der Waals surface area contributed by atoms with E-state index < -0.39 is 6.10 Å². The highest BCUT2D eigenvalue weighted by Crippen LogP contribution is 2.26. The Kier molecular flexibility index (Phi) is 3.00. The van der Waals surface area contributed by atoms with Crippen molar-refractivity contribution < 1.29 is 5.11 Å². The van der Waals surface area contributed by atoms with Crippen LogP contribution in [0.15, 0.2) is 36.5 Å². The van der Waals surface area contributed by atoms with E-state index in [-0.39, 0.29) is 0 Å². The second kappa shape index (κ2) is 4.27. The van der Waals surface area contributed by atoms with Gasteiger partial charge in [-0.2, -0.15) is 0 Å². The van der Waals surface area contributed by atoms with Gasteiger partial charge in [-0.05, 0) is 35.9 Å². The lowest BCUT2D eigenvalue weighted by atomic mass is 10.1. The largest absolute Gasteiger partial charge is 0.382 e. The number of benzene rings is 1. The van der Waals surface area contributed by atoms with Gasteiger partial charge < -0.3 is 10.1 Å². The van der Waals surface area contributed by atoms with Crippen LogP contribution in [0.3, 0.4) is 0 Å². The standard InChI is InChI=1S/C11H9Cl2NO/c12-8-4-7(5-9(13)6-8)11(15)10-2-1-3-14-10/h1-6,11,14-15H. The highest BCUT2D eigenvalue weighted by atomic mass is 35.5. The summed E-state index contributed by atoms with van der Waals surface area (Å²) in [6.45, 7) is 0. The quantitative estimate of drug-likeness (QED) is 0.831. The first-order chi connectivity index (χ1) is 7.16. The van der Waals surface area contributed by atoms with E-state index in [1.165, 1.54) is 0 Å². The van der Waals surface area contributed by atoms with E-state index in [1.54, 1.807) is 30.5 Å². The second-order valence-corrected chi connectivity index (χ2v) is 4.10. The Morgan fingerprint density at radius 1 is 1.13 bits per heavy atom. The molecule has 0 aliphatic carbocycles. The van der Waals surface area contributed by atoms with Crippen LogP contribution in [0.2, 0.25) is 10.0 Å². The maximum absolute atomic E-state index is 9.98. The van der Waals surface area contributed by atoms with E-state index in [4.69, 9.17) is 23.2 Å². The van der Waals surface area contributed by atoms with E-state index in [2.05, 4.69) is 4.98 Å². The van der Waals surface area contributed by atoms with Crippen molar-refractivity contribution in [1.29, 1.82) is 0 Å². The van der Waals surface area contributed by atoms with Crippen molar-refractivity contribution >= 4 is 23.2 Å². The fourth-order valence-electron chi connectivity index (χ4n) is 1.43. The topological polar surface area (TPSA) is 36.0 Å². The molecule has 1 aromatic heterocycles. The van der Waals surface area contributed by atoms with Gasteiger partial charge in [0, 0.05) is 21.9 Å². The predicted molar refractivity (Wildman–Crippen MR) is 61.3 cm³/mol. The van der Waals surface area contributed by atoms with Crippen molar-refractivity contribution in [2.45, 2.75) is 6.10 Å². The highest BCUT2D eigenvalue weighted by Gasteiger charge is 2.12. The van der Waals surface area contributed by atoms with Crippen molar-refractivity contribution in [2.75, 3.05) is 0 Å². The molecule has 0 saturated heterocycles. The van der Waals surface area contributed by atoms with Crippen LogP contribution < -0.4 is 0 Å². The van der Waals surface area contributed by atoms with Gasteiger partial charge in [0.1, 0.15) is 6.10 Å². The van der Waals surface area contributed by atoms with Crippen LogP contribution in [0, 0.1) is 0 Å². The smallest absolute Gasteiger partial charge is 0.119 e. The van der Waals surface area contributed by atoms with Crippen LogP contribution in [-0.4, -0.2) is 10.1 Å². The molecule has 2 aromatic rings. The van der Waals surface area contributed by atoms with E-state index in [1.807, 2.05) is 6.07 Å². The van der Waals surface area contributed by atoms with Crippen molar-refractivity contribution in [3.05, 3.63) is 57.8 Å². The van der Waals surface area contributed by atoms with E-state index in [0.29, 0.717) is 21.3 Å². The van der Waals surface area contributed by atoms with Gasteiger partial charge in [-0.3, -0.25) is 0 Å². The Hall–Kier alpha value is -0.960. The number of aliphatic hydroxyl groups is 1. The molecular weight excluding hydrogens is 233 g/mol. The molecule has 0 spiro atoms. The fraction of sp³-hybridized carbons (Fsp3) is 0.0909. The molecule has 0 saturated carbocycles. The zero-order chi connectivity index (χ0) is 10.8. The summed E-state index contributed by atoms with van der Waals surface area (Å²) in [4.78, 5) is 2.94. The highest BCUT2D eigenvalue weighted by molar-refractivity contribution is 6.34. The van der Waals surface area contributed by atoms with Gasteiger partial charge in [-0.25, -0.2) is 0 Å². The molecular formula is C11H9Cl2NO. The van der Waals surface area contributed by atoms with Crippen LogP contribution in [0.4, 0.5) is 0 Å². The average Bonchev–Trinajstić information content (AvgIpc) is 2.67. The van der Waals surface area contributed by atoms with Gasteiger partial charge in [0.2, 0.25) is 0 Å². The molecule has 1 unspecified atom stereocenters. The molecule has 0 bridgehead atoms. The number of aromatic amines is 1. The third-order valence-electron chi connectivity index (χ3n) is 2.12. The Morgan fingerprint density at radius 2 is 1.80 bits per heavy atom. The zero-order valence-electron chi connectivity index (χ0n) is 7.74. The van der Waals surface area contributed by atoms with Gasteiger partial charge in [0.15, 0.2) is 0 Å². The van der Waals surface area contributed by atoms with Crippen molar-refractivity contribution in [1.82, 2.24) is 4.98 Å². The molecule has 78 valence electrons. The second-order valence-electron chi connectivity index (χ2n) is 3.23. The minimum Gasteiger partial charge on any atom is -0.382 e. The van der Waals surface area contributed by atoms with E-state index in [9.17, 15) is 5.11 Å². The number of H-pyrrole nitrogens is 1. The minimum absolute atomic E-state index is 0.517. The van der Waals surface area contributed by atoms with E-state index in [0.717, 1.165) is 0 Å². The lowest BCUT2D eigenvalue weighted by Gasteiger charge is -2.10. The van der Waals surface area contributed by atoms with Gasteiger partial charge in [-0.15, -0.1) is 0 Å². The average molecular weight is 242 g/mol. The Balaban J connectivity index is 2.37. The van der Waals surface area contributed by atoms with Crippen LogP contribution in [-0.2, 0) is 0 Å². The third-order valence-corrected chi connectivity index (χ3v) is 2.55. The van der Waals surface area contributed by atoms with Crippen LogP contribution in [0.25, 0.3) is 0 Å². The maximum Gasteiger partial charge on any atom is 0.119 e. The summed E-state index contributed by atoms with van der Waals surface area (Å²) >= 11 is 11.7. The molecule has 0 aliphatic heterocycles. The SMILES string of the molecule is OC(c1cc(Cl)cc(Cl)c1)c1ccc[nH]1. The fourth-order valence-corrected chi connectivity index (χ4v) is 1.97. The summed E-state index contributed by atoms with van der Waals surface area (Å²) in [7, 11) is 0. The van der Waals surface area contributed by atoms with Crippen LogP contribution in [0.5, 0.6) is 0 Å². The number of aromatic nitrogens is 1. The number of rotatable bonds is 2. The Morgan fingerprint density at radius 3 is 2.33 bits per heavy atom. The van der Waals surface area contributed by atoms with Gasteiger partial charge in [0.05, 0.1) is 0 Å². The summed E-state index contributed by atoms with van der Waals surface area (Å²) in [5.41, 5.74) is 1.39. The molecule has 0 aliphatic rings. The van der Waals surface area contributed by atoms with Gasteiger partial charge in [0.25, 0.3) is 0 Å². The van der Waals surface area contributed by atoms with Gasteiger partial charge >= 0.3 is 0 Å².